The van der Waals surface area contributed by atoms with Gasteiger partial charge >= 0.3 is 12.1 Å². The fraction of sp³-hybridized carbons (Fsp3) is 0.0455. The summed E-state index contributed by atoms with van der Waals surface area (Å²) in [5, 5.41) is 27.8. The first-order chi connectivity index (χ1) is 17.6. The summed E-state index contributed by atoms with van der Waals surface area (Å²) in [7, 11) is 0. The molecule has 0 aliphatic rings. The highest BCUT2D eigenvalue weighted by molar-refractivity contribution is 7.21. The number of pyridine rings is 1. The SMILES string of the molecule is N#Cc1c(N)nc2sc(C(=O)c3c([O-])on[n+]3-c3ccc(OC(F)(F)F)cc3)c(N)c2c1-c1cccs1. The second-order valence-corrected chi connectivity index (χ2v) is 9.30. The lowest BCUT2D eigenvalue weighted by atomic mass is 10.0. The second kappa shape index (κ2) is 8.76. The summed E-state index contributed by atoms with van der Waals surface area (Å²) in [6.45, 7) is 0. The number of benzene rings is 1. The molecule has 0 radical (unpaired) electrons. The van der Waals surface area contributed by atoms with Crippen molar-refractivity contribution < 1.29 is 37.0 Å². The first-order valence-electron chi connectivity index (χ1n) is 10.0. The topological polar surface area (TPSA) is 168 Å². The van der Waals surface area contributed by atoms with Gasteiger partial charge in [-0.1, -0.05) is 6.07 Å². The number of carbonyl (C=O) groups excluding carboxylic acids is 1. The van der Waals surface area contributed by atoms with Crippen LogP contribution in [0.2, 0.25) is 0 Å². The molecule has 4 heterocycles. The number of nitrogens with two attached hydrogens (primary N) is 2. The molecular formula is C22H11F3N6O4S2. The highest BCUT2D eigenvalue weighted by Gasteiger charge is 2.34. The van der Waals surface area contributed by atoms with E-state index in [1.807, 2.05) is 6.07 Å². The Labute approximate surface area is 212 Å². The average molecular weight is 544 g/mol. The standard InChI is InChI=1S/C22H11F3N6O4S2/c23-22(24,25)34-10-5-3-9(4-6-10)31-16(21(33)35-30-31)17(32)18-15(27)14-13(12-2-1-7-36-12)11(8-26)19(28)29-20(14)37-18/h1-7H,(H4-,27,28,29,30,32,33). The number of rotatable bonds is 5. The number of aromatic nitrogens is 3. The number of thiophene rings is 2. The largest absolute Gasteiger partial charge is 0.573 e. The fourth-order valence-corrected chi connectivity index (χ4v) is 5.46. The van der Waals surface area contributed by atoms with E-state index in [9.17, 15) is 28.3 Å². The summed E-state index contributed by atoms with van der Waals surface area (Å²) in [4.78, 5) is 18.6. The van der Waals surface area contributed by atoms with Crippen LogP contribution in [-0.4, -0.2) is 22.4 Å². The maximum atomic E-state index is 13.5. The van der Waals surface area contributed by atoms with Crippen molar-refractivity contribution in [1.82, 2.24) is 10.3 Å². The van der Waals surface area contributed by atoms with Crippen LogP contribution < -0.4 is 26.0 Å². The molecule has 0 fully saturated rings. The second-order valence-electron chi connectivity index (χ2n) is 7.35. The molecule has 4 aromatic heterocycles. The maximum Gasteiger partial charge on any atom is 0.573 e. The number of nitrogen functional groups attached to an aromatic ring is 2. The van der Waals surface area contributed by atoms with Crippen LogP contribution in [0.25, 0.3) is 26.3 Å². The normalized spacial score (nSPS) is 11.5. The van der Waals surface area contributed by atoms with Crippen molar-refractivity contribution in [2.75, 3.05) is 11.5 Å². The third-order valence-corrected chi connectivity index (χ3v) is 7.12. The lowest BCUT2D eigenvalue weighted by Gasteiger charge is -2.07. The molecule has 37 heavy (non-hydrogen) atoms. The molecule has 4 N–H and O–H groups in total. The molecule has 0 saturated heterocycles. The fourth-order valence-electron chi connectivity index (χ4n) is 3.63. The summed E-state index contributed by atoms with van der Waals surface area (Å²) < 4.78 is 46.7. The number of anilines is 2. The molecule has 0 aliphatic heterocycles. The molecule has 0 spiro atoms. The molecule has 5 aromatic rings. The zero-order chi connectivity index (χ0) is 26.5. The van der Waals surface area contributed by atoms with Crippen molar-refractivity contribution in [2.24, 2.45) is 0 Å². The Morgan fingerprint density at radius 1 is 1.22 bits per heavy atom. The van der Waals surface area contributed by atoms with Gasteiger partial charge in [0.1, 0.15) is 32.9 Å². The maximum absolute atomic E-state index is 13.5. The highest BCUT2D eigenvalue weighted by atomic mass is 32.1. The molecule has 0 unspecified atom stereocenters. The number of alkyl halides is 3. The number of fused-ring (bicyclic) bond motifs is 1. The van der Waals surface area contributed by atoms with Crippen LogP contribution in [-0.2, 0) is 0 Å². The zero-order valence-electron chi connectivity index (χ0n) is 18.1. The van der Waals surface area contributed by atoms with Gasteiger partial charge in [-0.15, -0.1) is 35.8 Å². The van der Waals surface area contributed by atoms with E-state index in [-0.39, 0.29) is 32.5 Å². The Bertz CT molecular complexity index is 1700. The number of carbonyl (C=O) groups is 1. The van der Waals surface area contributed by atoms with Gasteiger partial charge in [-0.25, -0.2) is 4.98 Å². The first-order valence-corrected chi connectivity index (χ1v) is 11.7. The molecule has 10 nitrogen and oxygen atoms in total. The molecule has 1 aromatic carbocycles. The van der Waals surface area contributed by atoms with Crippen molar-refractivity contribution in [3.05, 3.63) is 57.9 Å². The lowest BCUT2D eigenvalue weighted by molar-refractivity contribution is -0.672. The number of ketones is 1. The lowest BCUT2D eigenvalue weighted by Crippen LogP contribution is -2.39. The number of hydrogen-bond donors (Lipinski definition) is 2. The number of hydrogen-bond acceptors (Lipinski definition) is 11. The summed E-state index contributed by atoms with van der Waals surface area (Å²) >= 11 is 2.19. The molecule has 0 aliphatic carbocycles. The van der Waals surface area contributed by atoms with E-state index in [2.05, 4.69) is 19.5 Å². The van der Waals surface area contributed by atoms with Gasteiger partial charge in [-0.3, -0.25) is 4.79 Å². The molecule has 186 valence electrons. The Morgan fingerprint density at radius 2 is 1.95 bits per heavy atom. The molecule has 0 amide bonds. The van der Waals surface area contributed by atoms with Crippen LogP contribution in [0.15, 0.2) is 46.3 Å². The van der Waals surface area contributed by atoms with Crippen molar-refractivity contribution in [3.8, 4) is 33.9 Å². The van der Waals surface area contributed by atoms with Gasteiger partial charge in [0.2, 0.25) is 5.69 Å². The van der Waals surface area contributed by atoms with Gasteiger partial charge in [-0.2, -0.15) is 5.26 Å². The van der Waals surface area contributed by atoms with Crippen LogP contribution in [0.4, 0.5) is 24.7 Å². The Kier molecular flexibility index (Phi) is 5.69. The Morgan fingerprint density at radius 3 is 2.57 bits per heavy atom. The number of halogens is 3. The van der Waals surface area contributed by atoms with E-state index in [0.717, 1.165) is 40.3 Å². The van der Waals surface area contributed by atoms with Crippen molar-refractivity contribution in [1.29, 1.82) is 5.26 Å². The van der Waals surface area contributed by atoms with Crippen molar-refractivity contribution >= 4 is 50.2 Å². The van der Waals surface area contributed by atoms with Gasteiger partial charge in [-0.05, 0) is 28.3 Å². The minimum Gasteiger partial charge on any atom is -0.539 e. The molecule has 5 rings (SSSR count). The van der Waals surface area contributed by atoms with Crippen LogP contribution in [0.5, 0.6) is 11.7 Å². The smallest absolute Gasteiger partial charge is 0.539 e. The summed E-state index contributed by atoms with van der Waals surface area (Å²) in [6.07, 6.45) is -4.89. The monoisotopic (exact) mass is 544 g/mol. The quantitative estimate of drug-likeness (QED) is 0.248. The predicted octanol–water partition coefficient (Wildman–Crippen LogP) is 3.53. The van der Waals surface area contributed by atoms with Gasteiger partial charge in [0.05, 0.1) is 11.0 Å². The third-order valence-electron chi connectivity index (χ3n) is 5.13. The van der Waals surface area contributed by atoms with Crippen LogP contribution in [0.3, 0.4) is 0 Å². The van der Waals surface area contributed by atoms with Gasteiger partial charge in [0, 0.05) is 28.0 Å². The predicted molar refractivity (Wildman–Crippen MR) is 124 cm³/mol. The van der Waals surface area contributed by atoms with Crippen molar-refractivity contribution in [3.63, 3.8) is 0 Å². The molecule has 0 bridgehead atoms. The summed E-state index contributed by atoms with van der Waals surface area (Å²) in [5.41, 5.74) is 12.3. The molecule has 0 saturated carbocycles. The highest BCUT2D eigenvalue weighted by Crippen LogP contribution is 2.44. The van der Waals surface area contributed by atoms with Crippen LogP contribution >= 0.6 is 22.7 Å². The Balaban J connectivity index is 1.63. The minimum absolute atomic E-state index is 0.0292. The van der Waals surface area contributed by atoms with E-state index in [1.54, 1.807) is 17.5 Å². The zero-order valence-corrected chi connectivity index (χ0v) is 19.7. The number of nitrogens with zero attached hydrogens (tertiary/aromatic N) is 4. The average Bonchev–Trinajstić information content (AvgIpc) is 3.57. The van der Waals surface area contributed by atoms with Gasteiger partial charge < -0.3 is 25.8 Å². The minimum atomic E-state index is -4.89. The molecule has 15 heteroatoms. The third kappa shape index (κ3) is 4.17. The van der Waals surface area contributed by atoms with Crippen LogP contribution in [0, 0.1) is 11.3 Å². The van der Waals surface area contributed by atoms with Crippen molar-refractivity contribution in [2.45, 2.75) is 6.36 Å². The summed E-state index contributed by atoms with van der Waals surface area (Å²) in [6, 6.07) is 9.84. The number of ether oxygens (including phenoxy) is 1. The van der Waals surface area contributed by atoms with E-state index >= 15 is 0 Å². The van der Waals surface area contributed by atoms with E-state index < -0.39 is 29.5 Å². The molecule has 0 atom stereocenters. The van der Waals surface area contributed by atoms with Gasteiger partial charge in [0.15, 0.2) is 5.95 Å². The molecular weight excluding hydrogens is 533 g/mol. The first kappa shape index (κ1) is 24.0. The van der Waals surface area contributed by atoms with E-state index in [0.29, 0.717) is 15.8 Å². The van der Waals surface area contributed by atoms with E-state index in [4.69, 9.17) is 11.5 Å². The van der Waals surface area contributed by atoms with Crippen LogP contribution in [0.1, 0.15) is 20.9 Å². The Hall–Kier alpha value is -4.68. The summed E-state index contributed by atoms with van der Waals surface area (Å²) in [5.74, 6) is -2.52. The van der Waals surface area contributed by atoms with E-state index in [1.165, 1.54) is 11.3 Å². The number of nitriles is 1. The van der Waals surface area contributed by atoms with Gasteiger partial charge in [0.25, 0.3) is 5.78 Å².